The van der Waals surface area contributed by atoms with E-state index in [1.807, 2.05) is 6.07 Å². The number of sulfonamides is 1. The second-order valence-electron chi connectivity index (χ2n) is 5.13. The molecular weight excluding hydrogens is 282 g/mol. The topological polar surface area (TPSA) is 84.9 Å². The van der Waals surface area contributed by atoms with Gasteiger partial charge in [0, 0.05) is 0 Å². The van der Waals surface area contributed by atoms with Gasteiger partial charge in [-0.05, 0) is 5.56 Å². The summed E-state index contributed by atoms with van der Waals surface area (Å²) >= 11 is 0. The van der Waals surface area contributed by atoms with Gasteiger partial charge in [-0.2, -0.15) is 0 Å². The fourth-order valence-electron chi connectivity index (χ4n) is 2.65. The maximum atomic E-state index is 12.1. The van der Waals surface area contributed by atoms with Gasteiger partial charge in [0.25, 0.3) is 0 Å². The summed E-state index contributed by atoms with van der Waals surface area (Å²) in [6, 6.07) is 8.54. The van der Waals surface area contributed by atoms with Crippen LogP contribution < -0.4 is 4.72 Å². The molecule has 0 aliphatic carbocycles. The quantitative estimate of drug-likeness (QED) is 0.792. The van der Waals surface area contributed by atoms with E-state index in [4.69, 9.17) is 9.47 Å². The molecule has 0 radical (unpaired) electrons. The minimum atomic E-state index is -3.47. The van der Waals surface area contributed by atoms with Gasteiger partial charge in [-0.3, -0.25) is 0 Å². The zero-order valence-electron chi connectivity index (χ0n) is 10.8. The summed E-state index contributed by atoms with van der Waals surface area (Å²) in [4.78, 5) is 0. The number of benzene rings is 1. The minimum Gasteiger partial charge on any atom is -0.388 e. The molecule has 0 saturated carbocycles. The Bertz CT molecular complexity index is 561. The van der Waals surface area contributed by atoms with Crippen molar-refractivity contribution in [3.8, 4) is 0 Å². The SMILES string of the molecule is O=S(=O)(Cc1ccccc1)N[C@H]1CO[C@H]2[C@@H]1OC[C@H]2O. The average molecular weight is 299 g/mol. The van der Waals surface area contributed by atoms with Crippen molar-refractivity contribution in [3.63, 3.8) is 0 Å². The van der Waals surface area contributed by atoms with E-state index in [0.717, 1.165) is 5.56 Å². The molecule has 1 aromatic carbocycles. The van der Waals surface area contributed by atoms with Gasteiger partial charge < -0.3 is 14.6 Å². The monoisotopic (exact) mass is 299 g/mol. The highest BCUT2D eigenvalue weighted by Crippen LogP contribution is 2.27. The molecule has 2 aliphatic rings. The number of fused-ring (bicyclic) bond motifs is 1. The van der Waals surface area contributed by atoms with Gasteiger partial charge in [-0.25, -0.2) is 13.1 Å². The molecule has 110 valence electrons. The van der Waals surface area contributed by atoms with E-state index in [9.17, 15) is 13.5 Å². The van der Waals surface area contributed by atoms with E-state index in [1.165, 1.54) is 0 Å². The van der Waals surface area contributed by atoms with Gasteiger partial charge in [0.1, 0.15) is 18.3 Å². The van der Waals surface area contributed by atoms with E-state index in [1.54, 1.807) is 24.3 Å². The third kappa shape index (κ3) is 2.87. The Labute approximate surface area is 117 Å². The van der Waals surface area contributed by atoms with Gasteiger partial charge in [-0.1, -0.05) is 30.3 Å². The van der Waals surface area contributed by atoms with E-state index in [2.05, 4.69) is 4.72 Å². The average Bonchev–Trinajstić information content (AvgIpc) is 2.95. The third-order valence-electron chi connectivity index (χ3n) is 3.56. The maximum Gasteiger partial charge on any atom is 0.216 e. The third-order valence-corrected chi connectivity index (χ3v) is 4.93. The van der Waals surface area contributed by atoms with Gasteiger partial charge in [0.15, 0.2) is 0 Å². The molecule has 6 nitrogen and oxygen atoms in total. The van der Waals surface area contributed by atoms with Crippen LogP contribution in [-0.2, 0) is 25.2 Å². The summed E-state index contributed by atoms with van der Waals surface area (Å²) in [5, 5.41) is 9.62. The standard InChI is InChI=1S/C13H17NO5S/c15-11-7-19-12-10(6-18-13(11)12)14-20(16,17)8-9-4-2-1-3-5-9/h1-5,10-15H,6-8H2/t10-,11+,12+,13+/m0/s1. The number of rotatable bonds is 4. The number of aliphatic hydroxyl groups excluding tert-OH is 1. The number of hydrogen-bond acceptors (Lipinski definition) is 5. The molecule has 2 N–H and O–H groups in total. The van der Waals surface area contributed by atoms with Crippen LogP contribution in [0.2, 0.25) is 0 Å². The van der Waals surface area contributed by atoms with Crippen LogP contribution in [-0.4, -0.2) is 51.1 Å². The van der Waals surface area contributed by atoms with Crippen molar-refractivity contribution in [3.05, 3.63) is 35.9 Å². The summed E-state index contributed by atoms with van der Waals surface area (Å²) < 4.78 is 37.7. The van der Waals surface area contributed by atoms with E-state index >= 15 is 0 Å². The molecule has 3 rings (SSSR count). The Hall–Kier alpha value is -0.990. The Morgan fingerprint density at radius 2 is 1.85 bits per heavy atom. The van der Waals surface area contributed by atoms with Crippen LogP contribution in [0.3, 0.4) is 0 Å². The summed E-state index contributed by atoms with van der Waals surface area (Å²) in [6.45, 7) is 0.409. The zero-order chi connectivity index (χ0) is 14.2. The summed E-state index contributed by atoms with van der Waals surface area (Å²) in [5.41, 5.74) is 0.725. The van der Waals surface area contributed by atoms with Crippen LogP contribution in [0.15, 0.2) is 30.3 Å². The first-order valence-electron chi connectivity index (χ1n) is 6.50. The maximum absolute atomic E-state index is 12.1. The van der Waals surface area contributed by atoms with Crippen molar-refractivity contribution in [1.29, 1.82) is 0 Å². The fraction of sp³-hybridized carbons (Fsp3) is 0.538. The van der Waals surface area contributed by atoms with E-state index in [0.29, 0.717) is 0 Å². The molecule has 2 fully saturated rings. The predicted octanol–water partition coefficient (Wildman–Crippen LogP) is -0.367. The lowest BCUT2D eigenvalue weighted by Crippen LogP contribution is -2.44. The van der Waals surface area contributed by atoms with Crippen molar-refractivity contribution < 1.29 is 23.0 Å². The second kappa shape index (κ2) is 5.42. The Morgan fingerprint density at radius 3 is 2.60 bits per heavy atom. The Morgan fingerprint density at radius 1 is 1.15 bits per heavy atom. The van der Waals surface area contributed by atoms with Gasteiger partial charge in [-0.15, -0.1) is 0 Å². The largest absolute Gasteiger partial charge is 0.388 e. The summed E-state index contributed by atoms with van der Waals surface area (Å²) in [5.74, 6) is -0.0791. The molecule has 0 amide bonds. The fourth-order valence-corrected chi connectivity index (χ4v) is 4.02. The molecule has 4 atom stereocenters. The lowest BCUT2D eigenvalue weighted by atomic mass is 10.1. The molecule has 0 unspecified atom stereocenters. The van der Waals surface area contributed by atoms with Gasteiger partial charge in [0.05, 0.1) is 25.0 Å². The van der Waals surface area contributed by atoms with Crippen LogP contribution in [0.1, 0.15) is 5.56 Å². The molecule has 2 heterocycles. The first-order valence-corrected chi connectivity index (χ1v) is 8.15. The molecule has 7 heteroatoms. The molecule has 2 saturated heterocycles. The van der Waals surface area contributed by atoms with Crippen molar-refractivity contribution >= 4 is 10.0 Å². The van der Waals surface area contributed by atoms with Crippen LogP contribution in [0.5, 0.6) is 0 Å². The van der Waals surface area contributed by atoms with Gasteiger partial charge in [0.2, 0.25) is 10.0 Å². The summed E-state index contributed by atoms with van der Waals surface area (Å²) in [6.07, 6.45) is -1.52. The highest BCUT2D eigenvalue weighted by molar-refractivity contribution is 7.88. The van der Waals surface area contributed by atoms with Crippen LogP contribution in [0.4, 0.5) is 0 Å². The highest BCUT2D eigenvalue weighted by atomic mass is 32.2. The smallest absolute Gasteiger partial charge is 0.216 e. The molecule has 1 aromatic rings. The van der Waals surface area contributed by atoms with Crippen LogP contribution in [0, 0.1) is 0 Å². The molecule has 0 aromatic heterocycles. The van der Waals surface area contributed by atoms with Crippen molar-refractivity contribution in [2.45, 2.75) is 30.1 Å². The van der Waals surface area contributed by atoms with Crippen LogP contribution >= 0.6 is 0 Å². The van der Waals surface area contributed by atoms with Crippen molar-refractivity contribution in [1.82, 2.24) is 4.72 Å². The van der Waals surface area contributed by atoms with Gasteiger partial charge >= 0.3 is 0 Å². The molecule has 0 bridgehead atoms. The first kappa shape index (κ1) is 14.0. The molecular formula is C13H17NO5S. The van der Waals surface area contributed by atoms with E-state index in [-0.39, 0.29) is 19.0 Å². The number of hydrogen-bond donors (Lipinski definition) is 2. The normalized spacial score (nSPS) is 33.2. The number of ether oxygens (including phenoxy) is 2. The van der Waals surface area contributed by atoms with E-state index < -0.39 is 34.4 Å². The number of nitrogens with one attached hydrogen (secondary N) is 1. The minimum absolute atomic E-state index is 0.0791. The lowest BCUT2D eigenvalue weighted by molar-refractivity contribution is 0.0181. The highest BCUT2D eigenvalue weighted by Gasteiger charge is 2.48. The van der Waals surface area contributed by atoms with Crippen molar-refractivity contribution in [2.24, 2.45) is 0 Å². The molecule has 0 spiro atoms. The Kier molecular flexibility index (Phi) is 3.78. The van der Waals surface area contributed by atoms with Crippen LogP contribution in [0.25, 0.3) is 0 Å². The first-order chi connectivity index (χ1) is 9.55. The molecule has 2 aliphatic heterocycles. The predicted molar refractivity (Wildman–Crippen MR) is 71.5 cm³/mol. The zero-order valence-corrected chi connectivity index (χ0v) is 11.6. The van der Waals surface area contributed by atoms with Crippen molar-refractivity contribution in [2.75, 3.05) is 13.2 Å². The second-order valence-corrected chi connectivity index (χ2v) is 6.89. The lowest BCUT2D eigenvalue weighted by Gasteiger charge is -2.17. The number of aliphatic hydroxyl groups is 1. The molecule has 20 heavy (non-hydrogen) atoms. The Balaban J connectivity index is 1.65. The summed E-state index contributed by atoms with van der Waals surface area (Å²) in [7, 11) is -3.47.